The Balaban J connectivity index is 2.20. The van der Waals surface area contributed by atoms with Gasteiger partial charge in [-0.3, -0.25) is 4.90 Å². The first-order chi connectivity index (χ1) is 8.76. The Morgan fingerprint density at radius 1 is 1.56 bits per heavy atom. The molecule has 0 bridgehead atoms. The van der Waals surface area contributed by atoms with Crippen LogP contribution in [0.2, 0.25) is 0 Å². The predicted molar refractivity (Wildman–Crippen MR) is 71.8 cm³/mol. The molecule has 1 aromatic rings. The molecule has 1 aliphatic heterocycles. The molecule has 4 heteroatoms. The molecule has 4 nitrogen and oxygen atoms in total. The lowest BCUT2D eigenvalue weighted by molar-refractivity contribution is -0.0209. The summed E-state index contributed by atoms with van der Waals surface area (Å²) in [6, 6.07) is 8.79. The number of nitrogens with two attached hydrogens (primary N) is 1. The minimum Gasteiger partial charge on any atom is -0.497 e. The summed E-state index contributed by atoms with van der Waals surface area (Å²) in [5, 5.41) is 0. The second-order valence-corrected chi connectivity index (χ2v) is 4.69. The van der Waals surface area contributed by atoms with E-state index in [0.717, 1.165) is 25.5 Å². The maximum Gasteiger partial charge on any atom is 0.119 e. The molecule has 0 saturated carbocycles. The zero-order chi connectivity index (χ0) is 13.0. The van der Waals surface area contributed by atoms with Crippen LogP contribution in [0.4, 0.5) is 0 Å². The molecule has 1 aromatic carbocycles. The van der Waals surface area contributed by atoms with E-state index in [0.29, 0.717) is 12.6 Å². The summed E-state index contributed by atoms with van der Waals surface area (Å²) in [4.78, 5) is 2.41. The predicted octanol–water partition coefficient (Wildman–Crippen LogP) is 1.42. The first-order valence-corrected chi connectivity index (χ1v) is 6.43. The van der Waals surface area contributed by atoms with Crippen molar-refractivity contribution in [3.05, 3.63) is 29.8 Å². The zero-order valence-electron chi connectivity index (χ0n) is 11.1. The van der Waals surface area contributed by atoms with Gasteiger partial charge in [-0.2, -0.15) is 0 Å². The Morgan fingerprint density at radius 3 is 3.06 bits per heavy atom. The van der Waals surface area contributed by atoms with Gasteiger partial charge in [-0.05, 0) is 24.6 Å². The SMILES string of the molecule is COc1cccc(C(CN)N2CCOCC2C)c1. The average Bonchev–Trinajstić information content (AvgIpc) is 2.42. The molecule has 2 N–H and O–H groups in total. The van der Waals surface area contributed by atoms with Crippen LogP contribution in [0.5, 0.6) is 5.75 Å². The molecule has 100 valence electrons. The number of morpholine rings is 1. The second kappa shape index (κ2) is 6.18. The lowest BCUT2D eigenvalue weighted by Gasteiger charge is -2.39. The zero-order valence-corrected chi connectivity index (χ0v) is 11.1. The third-order valence-electron chi connectivity index (χ3n) is 3.52. The molecule has 0 radical (unpaired) electrons. The van der Waals surface area contributed by atoms with Crippen molar-refractivity contribution in [2.45, 2.75) is 19.0 Å². The fourth-order valence-electron chi connectivity index (χ4n) is 2.51. The van der Waals surface area contributed by atoms with Crippen molar-refractivity contribution in [2.24, 2.45) is 5.73 Å². The summed E-state index contributed by atoms with van der Waals surface area (Å²) < 4.78 is 10.8. The van der Waals surface area contributed by atoms with Crippen molar-refractivity contribution in [1.29, 1.82) is 0 Å². The third-order valence-corrected chi connectivity index (χ3v) is 3.52. The molecule has 2 rings (SSSR count). The van der Waals surface area contributed by atoms with Gasteiger partial charge in [0.2, 0.25) is 0 Å². The van der Waals surface area contributed by atoms with Gasteiger partial charge in [0.1, 0.15) is 5.75 Å². The highest BCUT2D eigenvalue weighted by molar-refractivity contribution is 5.31. The highest BCUT2D eigenvalue weighted by Crippen LogP contribution is 2.26. The highest BCUT2D eigenvalue weighted by Gasteiger charge is 2.26. The van der Waals surface area contributed by atoms with E-state index in [1.54, 1.807) is 7.11 Å². The minimum absolute atomic E-state index is 0.235. The van der Waals surface area contributed by atoms with Crippen LogP contribution in [0.3, 0.4) is 0 Å². The number of ether oxygens (including phenoxy) is 2. The van der Waals surface area contributed by atoms with Crippen LogP contribution in [-0.2, 0) is 4.74 Å². The molecule has 1 fully saturated rings. The first kappa shape index (κ1) is 13.3. The minimum atomic E-state index is 0.235. The van der Waals surface area contributed by atoms with E-state index < -0.39 is 0 Å². The van der Waals surface area contributed by atoms with Gasteiger partial charge >= 0.3 is 0 Å². The Labute approximate surface area is 109 Å². The van der Waals surface area contributed by atoms with E-state index in [2.05, 4.69) is 24.0 Å². The van der Waals surface area contributed by atoms with Crippen LogP contribution < -0.4 is 10.5 Å². The van der Waals surface area contributed by atoms with E-state index in [9.17, 15) is 0 Å². The highest BCUT2D eigenvalue weighted by atomic mass is 16.5. The Kier molecular flexibility index (Phi) is 4.58. The number of hydrogen-bond donors (Lipinski definition) is 1. The molecule has 1 saturated heterocycles. The molecular weight excluding hydrogens is 228 g/mol. The maximum absolute atomic E-state index is 5.97. The summed E-state index contributed by atoms with van der Waals surface area (Å²) in [7, 11) is 1.69. The number of rotatable bonds is 4. The van der Waals surface area contributed by atoms with Crippen molar-refractivity contribution in [3.8, 4) is 5.75 Å². The summed E-state index contributed by atoms with van der Waals surface area (Å²) in [5.74, 6) is 0.881. The second-order valence-electron chi connectivity index (χ2n) is 4.69. The van der Waals surface area contributed by atoms with E-state index in [4.69, 9.17) is 15.2 Å². The fraction of sp³-hybridized carbons (Fsp3) is 0.571. The molecule has 0 aliphatic carbocycles. The number of methoxy groups -OCH3 is 1. The van der Waals surface area contributed by atoms with E-state index in [1.165, 1.54) is 5.56 Å². The Morgan fingerprint density at radius 2 is 2.39 bits per heavy atom. The topological polar surface area (TPSA) is 47.7 Å². The molecule has 2 unspecified atom stereocenters. The molecule has 0 aromatic heterocycles. The normalized spacial score (nSPS) is 22.7. The van der Waals surface area contributed by atoms with Gasteiger partial charge in [-0.15, -0.1) is 0 Å². The van der Waals surface area contributed by atoms with Gasteiger partial charge in [-0.25, -0.2) is 0 Å². The summed E-state index contributed by atoms with van der Waals surface area (Å²) in [5.41, 5.74) is 7.18. The van der Waals surface area contributed by atoms with Crippen LogP contribution in [0.15, 0.2) is 24.3 Å². The average molecular weight is 250 g/mol. The molecular formula is C14H22N2O2. The smallest absolute Gasteiger partial charge is 0.119 e. The van der Waals surface area contributed by atoms with Gasteiger partial charge in [0.05, 0.1) is 20.3 Å². The van der Waals surface area contributed by atoms with E-state index in [-0.39, 0.29) is 6.04 Å². The molecule has 0 amide bonds. The number of benzene rings is 1. The Bertz CT molecular complexity index is 384. The fourth-order valence-corrected chi connectivity index (χ4v) is 2.51. The lowest BCUT2D eigenvalue weighted by atomic mass is 10.0. The van der Waals surface area contributed by atoms with Gasteiger partial charge in [0, 0.05) is 25.2 Å². The monoisotopic (exact) mass is 250 g/mol. The van der Waals surface area contributed by atoms with Gasteiger partial charge < -0.3 is 15.2 Å². The summed E-state index contributed by atoms with van der Waals surface area (Å²) in [6.45, 7) is 5.28. The quantitative estimate of drug-likeness (QED) is 0.878. The van der Waals surface area contributed by atoms with Crippen molar-refractivity contribution in [1.82, 2.24) is 4.90 Å². The van der Waals surface area contributed by atoms with Crippen LogP contribution >= 0.6 is 0 Å². The lowest BCUT2D eigenvalue weighted by Crippen LogP contribution is -2.47. The van der Waals surface area contributed by atoms with Crippen LogP contribution in [0.25, 0.3) is 0 Å². The maximum atomic E-state index is 5.97. The van der Waals surface area contributed by atoms with Crippen molar-refractivity contribution in [2.75, 3.05) is 33.4 Å². The van der Waals surface area contributed by atoms with Crippen LogP contribution in [-0.4, -0.2) is 44.4 Å². The van der Waals surface area contributed by atoms with Crippen molar-refractivity contribution >= 4 is 0 Å². The van der Waals surface area contributed by atoms with Gasteiger partial charge in [0.25, 0.3) is 0 Å². The van der Waals surface area contributed by atoms with Crippen molar-refractivity contribution in [3.63, 3.8) is 0 Å². The van der Waals surface area contributed by atoms with Gasteiger partial charge in [0.15, 0.2) is 0 Å². The van der Waals surface area contributed by atoms with Crippen LogP contribution in [0.1, 0.15) is 18.5 Å². The molecule has 1 aliphatic rings. The van der Waals surface area contributed by atoms with Gasteiger partial charge in [-0.1, -0.05) is 12.1 Å². The standard InChI is InChI=1S/C14H22N2O2/c1-11-10-18-7-6-16(11)14(9-15)12-4-3-5-13(8-12)17-2/h3-5,8,11,14H,6-7,9-10,15H2,1-2H3. The number of hydrogen-bond acceptors (Lipinski definition) is 4. The molecule has 0 spiro atoms. The largest absolute Gasteiger partial charge is 0.497 e. The van der Waals surface area contributed by atoms with Crippen molar-refractivity contribution < 1.29 is 9.47 Å². The molecule has 2 atom stereocenters. The summed E-state index contributed by atoms with van der Waals surface area (Å²) in [6.07, 6.45) is 0. The first-order valence-electron chi connectivity index (χ1n) is 6.43. The summed E-state index contributed by atoms with van der Waals surface area (Å²) >= 11 is 0. The van der Waals surface area contributed by atoms with Crippen LogP contribution in [0, 0.1) is 0 Å². The Hall–Kier alpha value is -1.10. The number of nitrogens with zero attached hydrogens (tertiary/aromatic N) is 1. The van der Waals surface area contributed by atoms with E-state index >= 15 is 0 Å². The molecule has 18 heavy (non-hydrogen) atoms. The third kappa shape index (κ3) is 2.83. The van der Waals surface area contributed by atoms with E-state index in [1.807, 2.05) is 12.1 Å². The molecule has 1 heterocycles.